The Balaban J connectivity index is 1.97. The Morgan fingerprint density at radius 3 is 2.62 bits per heavy atom. The lowest BCUT2D eigenvalue weighted by Gasteiger charge is -2.15. The molecule has 3 aromatic carbocycles. The van der Waals surface area contributed by atoms with Gasteiger partial charge in [-0.1, -0.05) is 58.4 Å². The monoisotopic (exact) mass is 343 g/mol. The maximum atomic E-state index is 13.9. The van der Waals surface area contributed by atoms with E-state index in [1.807, 2.05) is 24.3 Å². The highest BCUT2D eigenvalue weighted by Crippen LogP contribution is 2.26. The van der Waals surface area contributed by atoms with E-state index in [4.69, 9.17) is 5.73 Å². The molecule has 1 unspecified atom stereocenters. The summed E-state index contributed by atoms with van der Waals surface area (Å²) in [7, 11) is 0. The van der Waals surface area contributed by atoms with Crippen molar-refractivity contribution in [1.29, 1.82) is 0 Å². The van der Waals surface area contributed by atoms with Gasteiger partial charge < -0.3 is 5.73 Å². The van der Waals surface area contributed by atoms with E-state index in [1.54, 1.807) is 12.1 Å². The van der Waals surface area contributed by atoms with Gasteiger partial charge in [0.25, 0.3) is 0 Å². The zero-order valence-corrected chi connectivity index (χ0v) is 13.0. The van der Waals surface area contributed by atoms with Crippen LogP contribution in [0.15, 0.2) is 65.1 Å². The van der Waals surface area contributed by atoms with Crippen LogP contribution in [-0.4, -0.2) is 0 Å². The minimum atomic E-state index is -0.236. The minimum absolute atomic E-state index is 0.214. The van der Waals surface area contributed by atoms with Gasteiger partial charge in [-0.25, -0.2) is 4.39 Å². The average molecular weight is 344 g/mol. The molecule has 1 nitrogen and oxygen atoms in total. The lowest BCUT2D eigenvalue weighted by molar-refractivity contribution is 0.593. The molecule has 0 aromatic heterocycles. The summed E-state index contributed by atoms with van der Waals surface area (Å²) in [4.78, 5) is 0. The minimum Gasteiger partial charge on any atom is -0.324 e. The van der Waals surface area contributed by atoms with E-state index in [0.717, 1.165) is 20.8 Å². The van der Waals surface area contributed by atoms with E-state index in [9.17, 15) is 4.39 Å². The number of fused-ring (bicyclic) bond motifs is 1. The van der Waals surface area contributed by atoms with Crippen LogP contribution in [0.25, 0.3) is 10.8 Å². The van der Waals surface area contributed by atoms with E-state index in [0.29, 0.717) is 12.0 Å². The number of benzene rings is 3. The van der Waals surface area contributed by atoms with Crippen molar-refractivity contribution >= 4 is 26.7 Å². The molecule has 0 fully saturated rings. The molecule has 0 aliphatic carbocycles. The van der Waals surface area contributed by atoms with Gasteiger partial charge in [0.15, 0.2) is 0 Å². The van der Waals surface area contributed by atoms with Crippen molar-refractivity contribution in [1.82, 2.24) is 0 Å². The molecule has 0 spiro atoms. The van der Waals surface area contributed by atoms with Gasteiger partial charge in [-0.15, -0.1) is 0 Å². The Morgan fingerprint density at radius 1 is 1.00 bits per heavy atom. The molecule has 106 valence electrons. The SMILES string of the molecule is NC(Cc1cc(Br)ccc1F)c1cccc2ccccc12. The summed E-state index contributed by atoms with van der Waals surface area (Å²) in [6.45, 7) is 0. The van der Waals surface area contributed by atoms with Gasteiger partial charge in [-0.3, -0.25) is 0 Å². The molecule has 0 amide bonds. The van der Waals surface area contributed by atoms with Crippen LogP contribution in [0.3, 0.4) is 0 Å². The van der Waals surface area contributed by atoms with E-state index >= 15 is 0 Å². The van der Waals surface area contributed by atoms with Gasteiger partial charge in [0.05, 0.1) is 0 Å². The number of hydrogen-bond acceptors (Lipinski definition) is 1. The van der Waals surface area contributed by atoms with Crippen LogP contribution in [0.2, 0.25) is 0 Å². The second kappa shape index (κ2) is 5.96. The third-order valence-electron chi connectivity index (χ3n) is 3.67. The first-order valence-electron chi connectivity index (χ1n) is 6.82. The normalized spacial score (nSPS) is 12.5. The van der Waals surface area contributed by atoms with Gasteiger partial charge in [-0.05, 0) is 46.5 Å². The molecule has 1 atom stereocenters. The topological polar surface area (TPSA) is 26.0 Å². The molecule has 0 bridgehead atoms. The second-order valence-electron chi connectivity index (χ2n) is 5.11. The lowest BCUT2D eigenvalue weighted by Crippen LogP contribution is -2.14. The molecule has 3 aromatic rings. The zero-order valence-electron chi connectivity index (χ0n) is 11.4. The van der Waals surface area contributed by atoms with Crippen molar-refractivity contribution in [2.45, 2.75) is 12.5 Å². The van der Waals surface area contributed by atoms with E-state index in [1.165, 1.54) is 6.07 Å². The largest absolute Gasteiger partial charge is 0.324 e. The lowest BCUT2D eigenvalue weighted by atomic mass is 9.94. The Morgan fingerprint density at radius 2 is 1.76 bits per heavy atom. The molecule has 3 heteroatoms. The Labute approximate surface area is 131 Å². The fourth-order valence-corrected chi connectivity index (χ4v) is 3.03. The van der Waals surface area contributed by atoms with Crippen molar-refractivity contribution in [2.24, 2.45) is 5.73 Å². The maximum Gasteiger partial charge on any atom is 0.126 e. The molecule has 2 N–H and O–H groups in total. The summed E-state index contributed by atoms with van der Waals surface area (Å²) in [5.41, 5.74) is 8.01. The molecular formula is C18H15BrFN. The third-order valence-corrected chi connectivity index (χ3v) is 4.16. The smallest absolute Gasteiger partial charge is 0.126 e. The van der Waals surface area contributed by atoms with Crippen LogP contribution in [0.5, 0.6) is 0 Å². The van der Waals surface area contributed by atoms with Gasteiger partial charge in [0.1, 0.15) is 5.82 Å². The average Bonchev–Trinajstić information content (AvgIpc) is 2.50. The molecule has 0 aliphatic heterocycles. The van der Waals surface area contributed by atoms with Crippen molar-refractivity contribution < 1.29 is 4.39 Å². The molecular weight excluding hydrogens is 329 g/mol. The van der Waals surface area contributed by atoms with Crippen molar-refractivity contribution in [3.63, 3.8) is 0 Å². The highest BCUT2D eigenvalue weighted by atomic mass is 79.9. The molecule has 3 rings (SSSR count). The van der Waals surface area contributed by atoms with Crippen molar-refractivity contribution in [2.75, 3.05) is 0 Å². The standard InChI is InChI=1S/C18H15BrFN/c19-14-8-9-17(20)13(10-14)11-18(21)16-7-3-5-12-4-1-2-6-15(12)16/h1-10,18H,11,21H2. The fourth-order valence-electron chi connectivity index (χ4n) is 2.62. The number of halogens is 2. The molecule has 0 saturated heterocycles. The van der Waals surface area contributed by atoms with Crippen LogP contribution in [0, 0.1) is 5.82 Å². The quantitative estimate of drug-likeness (QED) is 0.712. The summed E-state index contributed by atoms with van der Waals surface area (Å²) >= 11 is 3.37. The highest BCUT2D eigenvalue weighted by Gasteiger charge is 2.13. The van der Waals surface area contributed by atoms with Crippen molar-refractivity contribution in [3.8, 4) is 0 Å². The van der Waals surface area contributed by atoms with E-state index in [-0.39, 0.29) is 11.9 Å². The zero-order chi connectivity index (χ0) is 14.8. The van der Waals surface area contributed by atoms with Gasteiger partial charge >= 0.3 is 0 Å². The van der Waals surface area contributed by atoms with Gasteiger partial charge in [-0.2, -0.15) is 0 Å². The van der Waals surface area contributed by atoms with Crippen molar-refractivity contribution in [3.05, 3.63) is 82.1 Å². The first kappa shape index (κ1) is 14.2. The fraction of sp³-hybridized carbons (Fsp3) is 0.111. The molecule has 21 heavy (non-hydrogen) atoms. The summed E-state index contributed by atoms with van der Waals surface area (Å²) in [6.07, 6.45) is 0.472. The predicted octanol–water partition coefficient (Wildman–Crippen LogP) is 4.98. The first-order valence-corrected chi connectivity index (χ1v) is 7.61. The summed E-state index contributed by atoms with van der Waals surface area (Å²) < 4.78 is 14.7. The van der Waals surface area contributed by atoms with Crippen LogP contribution < -0.4 is 5.73 Å². The van der Waals surface area contributed by atoms with Crippen LogP contribution >= 0.6 is 15.9 Å². The molecule has 0 saturated carbocycles. The van der Waals surface area contributed by atoms with Gasteiger partial charge in [0, 0.05) is 10.5 Å². The highest BCUT2D eigenvalue weighted by molar-refractivity contribution is 9.10. The molecule has 0 heterocycles. The summed E-state index contributed by atoms with van der Waals surface area (Å²) in [5, 5.41) is 2.28. The number of hydrogen-bond donors (Lipinski definition) is 1. The first-order chi connectivity index (χ1) is 10.1. The Bertz CT molecular complexity index is 780. The van der Waals surface area contributed by atoms with E-state index < -0.39 is 0 Å². The van der Waals surface area contributed by atoms with Gasteiger partial charge in [0.2, 0.25) is 0 Å². The third kappa shape index (κ3) is 2.99. The van der Waals surface area contributed by atoms with E-state index in [2.05, 4.69) is 34.1 Å². The van der Waals surface area contributed by atoms with Crippen LogP contribution in [0.4, 0.5) is 4.39 Å². The predicted molar refractivity (Wildman–Crippen MR) is 88.7 cm³/mol. The Kier molecular flexibility index (Phi) is 4.04. The maximum absolute atomic E-state index is 13.9. The van der Waals surface area contributed by atoms with Crippen LogP contribution in [0.1, 0.15) is 17.2 Å². The second-order valence-corrected chi connectivity index (χ2v) is 6.03. The Hall–Kier alpha value is -1.71. The van der Waals surface area contributed by atoms with Crippen LogP contribution in [-0.2, 0) is 6.42 Å². The summed E-state index contributed by atoms with van der Waals surface area (Å²) in [5.74, 6) is -0.214. The molecule has 0 radical (unpaired) electrons. The number of rotatable bonds is 3. The molecule has 0 aliphatic rings. The summed E-state index contributed by atoms with van der Waals surface area (Å²) in [6, 6.07) is 18.9. The number of nitrogens with two attached hydrogens (primary N) is 1.